The van der Waals surface area contributed by atoms with Crippen LogP contribution >= 0.6 is 0 Å². The van der Waals surface area contributed by atoms with E-state index in [0.717, 1.165) is 18.6 Å². The smallest absolute Gasteiger partial charge is 0.251 e. The lowest BCUT2D eigenvalue weighted by Gasteiger charge is -2.13. The highest BCUT2D eigenvalue weighted by Crippen LogP contribution is 2.13. The van der Waals surface area contributed by atoms with Crippen molar-refractivity contribution >= 4 is 5.91 Å². The van der Waals surface area contributed by atoms with Gasteiger partial charge in [0.25, 0.3) is 5.91 Å². The summed E-state index contributed by atoms with van der Waals surface area (Å²) in [6, 6.07) is 7.48. The largest absolute Gasteiger partial charge is 0.494 e. The van der Waals surface area contributed by atoms with Crippen LogP contribution in [0, 0.1) is 0 Å². The van der Waals surface area contributed by atoms with E-state index in [4.69, 9.17) is 4.74 Å². The lowest BCUT2D eigenvalue weighted by Crippen LogP contribution is -2.32. The van der Waals surface area contributed by atoms with Crippen molar-refractivity contribution in [3.8, 4) is 5.75 Å². The summed E-state index contributed by atoms with van der Waals surface area (Å²) in [4.78, 5) is 11.9. The maximum absolute atomic E-state index is 11.9. The molecule has 1 rings (SSSR count). The molecule has 0 aromatic heterocycles. The van der Waals surface area contributed by atoms with Crippen LogP contribution in [0.15, 0.2) is 24.3 Å². The van der Waals surface area contributed by atoms with Crippen molar-refractivity contribution < 1.29 is 9.53 Å². The van der Waals surface area contributed by atoms with Gasteiger partial charge in [0.1, 0.15) is 5.75 Å². The number of benzene rings is 1. The molecule has 1 amide bonds. The van der Waals surface area contributed by atoms with Crippen molar-refractivity contribution in [2.45, 2.75) is 39.7 Å². The van der Waals surface area contributed by atoms with E-state index < -0.39 is 0 Å². The van der Waals surface area contributed by atoms with Gasteiger partial charge in [-0.25, -0.2) is 0 Å². The van der Waals surface area contributed by atoms with Crippen LogP contribution in [-0.2, 0) is 0 Å². The molecule has 3 nitrogen and oxygen atoms in total. The molecule has 0 unspecified atom stereocenters. The van der Waals surface area contributed by atoms with Crippen LogP contribution in [0.4, 0.5) is 0 Å². The fraction of sp³-hybridized carbons (Fsp3) is 0.500. The predicted octanol–water partition coefficient (Wildman–Crippen LogP) is 3.00. The first-order valence-electron chi connectivity index (χ1n) is 6.21. The van der Waals surface area contributed by atoms with Crippen LogP contribution in [0.3, 0.4) is 0 Å². The number of nitrogens with one attached hydrogen (secondary N) is 1. The normalized spacial score (nSPS) is 11.9. The number of rotatable bonds is 6. The van der Waals surface area contributed by atoms with Crippen LogP contribution in [0.1, 0.15) is 44.0 Å². The van der Waals surface area contributed by atoms with Gasteiger partial charge in [0.05, 0.1) is 6.61 Å². The van der Waals surface area contributed by atoms with E-state index in [-0.39, 0.29) is 11.9 Å². The number of hydrogen-bond acceptors (Lipinski definition) is 2. The highest BCUT2D eigenvalue weighted by Gasteiger charge is 2.09. The predicted molar refractivity (Wildman–Crippen MR) is 69.4 cm³/mol. The zero-order valence-electron chi connectivity index (χ0n) is 10.8. The van der Waals surface area contributed by atoms with E-state index in [9.17, 15) is 4.79 Å². The molecular weight excluding hydrogens is 214 g/mol. The molecule has 1 atom stereocenters. The Kier molecular flexibility index (Phi) is 5.53. The Morgan fingerprint density at radius 1 is 1.41 bits per heavy atom. The van der Waals surface area contributed by atoms with Crippen molar-refractivity contribution in [1.82, 2.24) is 5.32 Å². The fourth-order valence-corrected chi connectivity index (χ4v) is 1.71. The molecule has 3 heteroatoms. The van der Waals surface area contributed by atoms with Gasteiger partial charge in [-0.05, 0) is 38.5 Å². The molecule has 0 aliphatic rings. The van der Waals surface area contributed by atoms with Gasteiger partial charge in [-0.3, -0.25) is 4.79 Å². The number of carbonyl (C=O) groups is 1. The van der Waals surface area contributed by atoms with Gasteiger partial charge in [0, 0.05) is 11.6 Å². The first kappa shape index (κ1) is 13.6. The van der Waals surface area contributed by atoms with Gasteiger partial charge in [0.2, 0.25) is 0 Å². The molecule has 0 saturated heterocycles. The molecular formula is C14H21NO2. The average molecular weight is 235 g/mol. The van der Waals surface area contributed by atoms with Crippen molar-refractivity contribution in [3.05, 3.63) is 29.8 Å². The van der Waals surface area contributed by atoms with Crippen LogP contribution in [0.2, 0.25) is 0 Å². The first-order valence-corrected chi connectivity index (χ1v) is 6.21. The van der Waals surface area contributed by atoms with Gasteiger partial charge in [-0.2, -0.15) is 0 Å². The second-order valence-electron chi connectivity index (χ2n) is 4.12. The van der Waals surface area contributed by atoms with Gasteiger partial charge in [0.15, 0.2) is 0 Å². The van der Waals surface area contributed by atoms with Crippen molar-refractivity contribution in [3.63, 3.8) is 0 Å². The van der Waals surface area contributed by atoms with Crippen LogP contribution in [0.25, 0.3) is 0 Å². The van der Waals surface area contributed by atoms with Gasteiger partial charge in [-0.15, -0.1) is 0 Å². The average Bonchev–Trinajstić information content (AvgIpc) is 2.30. The second kappa shape index (κ2) is 6.94. The molecule has 17 heavy (non-hydrogen) atoms. The minimum atomic E-state index is -0.0347. The zero-order valence-corrected chi connectivity index (χ0v) is 10.8. The van der Waals surface area contributed by atoms with Crippen molar-refractivity contribution in [2.24, 2.45) is 0 Å². The third-order valence-corrected chi connectivity index (χ3v) is 2.51. The molecule has 0 aliphatic carbocycles. The van der Waals surface area contributed by atoms with Crippen LogP contribution < -0.4 is 10.1 Å². The van der Waals surface area contributed by atoms with Crippen LogP contribution in [-0.4, -0.2) is 18.6 Å². The summed E-state index contributed by atoms with van der Waals surface area (Å²) in [6.07, 6.45) is 2.07. The third-order valence-electron chi connectivity index (χ3n) is 2.51. The SMILES string of the molecule is CCC[C@@H](C)NC(=O)c1cccc(OCC)c1. The van der Waals surface area contributed by atoms with Gasteiger partial charge in [-0.1, -0.05) is 19.4 Å². The summed E-state index contributed by atoms with van der Waals surface area (Å²) in [7, 11) is 0. The minimum Gasteiger partial charge on any atom is -0.494 e. The molecule has 0 saturated carbocycles. The van der Waals surface area contributed by atoms with Crippen molar-refractivity contribution in [1.29, 1.82) is 0 Å². The summed E-state index contributed by atoms with van der Waals surface area (Å²) in [5.74, 6) is 0.704. The monoisotopic (exact) mass is 235 g/mol. The maximum atomic E-state index is 11.9. The van der Waals surface area contributed by atoms with Crippen molar-refractivity contribution in [2.75, 3.05) is 6.61 Å². The molecule has 1 aromatic rings. The topological polar surface area (TPSA) is 38.3 Å². The van der Waals surface area contributed by atoms with E-state index in [1.165, 1.54) is 0 Å². The molecule has 0 radical (unpaired) electrons. The highest BCUT2D eigenvalue weighted by molar-refractivity contribution is 5.94. The molecule has 94 valence electrons. The standard InChI is InChI=1S/C14H21NO2/c1-4-7-11(3)15-14(16)12-8-6-9-13(10-12)17-5-2/h6,8-11H,4-5,7H2,1-3H3,(H,15,16)/t11-/m1/s1. The number of hydrogen-bond donors (Lipinski definition) is 1. The lowest BCUT2D eigenvalue weighted by atomic mass is 10.1. The Morgan fingerprint density at radius 2 is 2.18 bits per heavy atom. The summed E-state index contributed by atoms with van der Waals surface area (Å²) in [6.45, 7) is 6.67. The maximum Gasteiger partial charge on any atom is 0.251 e. The third kappa shape index (κ3) is 4.47. The zero-order chi connectivity index (χ0) is 12.7. The number of ether oxygens (including phenoxy) is 1. The van der Waals surface area contributed by atoms with E-state index in [1.807, 2.05) is 26.0 Å². The lowest BCUT2D eigenvalue weighted by molar-refractivity contribution is 0.0938. The van der Waals surface area contributed by atoms with E-state index in [2.05, 4.69) is 12.2 Å². The highest BCUT2D eigenvalue weighted by atomic mass is 16.5. The molecule has 1 N–H and O–H groups in total. The van der Waals surface area contributed by atoms with Crippen LogP contribution in [0.5, 0.6) is 5.75 Å². The van der Waals surface area contributed by atoms with Gasteiger partial charge >= 0.3 is 0 Å². The number of carbonyl (C=O) groups excluding carboxylic acids is 1. The molecule has 0 heterocycles. The Bertz CT molecular complexity index is 363. The van der Waals surface area contributed by atoms with Gasteiger partial charge < -0.3 is 10.1 Å². The van der Waals surface area contributed by atoms with E-state index >= 15 is 0 Å². The fourth-order valence-electron chi connectivity index (χ4n) is 1.71. The Morgan fingerprint density at radius 3 is 2.82 bits per heavy atom. The minimum absolute atomic E-state index is 0.0347. The summed E-state index contributed by atoms with van der Waals surface area (Å²) in [5, 5.41) is 2.97. The quantitative estimate of drug-likeness (QED) is 0.823. The molecule has 0 bridgehead atoms. The second-order valence-corrected chi connectivity index (χ2v) is 4.12. The molecule has 0 spiro atoms. The Labute approximate surface area is 103 Å². The Hall–Kier alpha value is -1.51. The molecule has 0 aliphatic heterocycles. The Balaban J connectivity index is 2.65. The summed E-state index contributed by atoms with van der Waals surface area (Å²) < 4.78 is 5.37. The first-order chi connectivity index (χ1) is 8.17. The van der Waals surface area contributed by atoms with E-state index in [1.54, 1.807) is 12.1 Å². The summed E-state index contributed by atoms with van der Waals surface area (Å²) >= 11 is 0. The molecule has 0 fully saturated rings. The summed E-state index contributed by atoms with van der Waals surface area (Å²) in [5.41, 5.74) is 0.652. The molecule has 1 aromatic carbocycles. The number of amides is 1. The van der Waals surface area contributed by atoms with E-state index in [0.29, 0.717) is 12.2 Å².